The Balaban J connectivity index is 0.00000380. The van der Waals surface area contributed by atoms with Crippen molar-refractivity contribution in [2.75, 3.05) is 50.0 Å². The van der Waals surface area contributed by atoms with Crippen molar-refractivity contribution in [3.63, 3.8) is 0 Å². The largest absolute Gasteiger partial charge is 0.492 e. The smallest absolute Gasteiger partial charge is 0.265 e. The highest BCUT2D eigenvalue weighted by molar-refractivity contribution is 7.93. The van der Waals surface area contributed by atoms with Crippen LogP contribution in [-0.4, -0.2) is 58.6 Å². The summed E-state index contributed by atoms with van der Waals surface area (Å²) in [6.45, 7) is 1.73. The summed E-state index contributed by atoms with van der Waals surface area (Å²) < 4.78 is 35.4. The Labute approximate surface area is 229 Å². The van der Waals surface area contributed by atoms with E-state index in [2.05, 4.69) is 10.3 Å². The second kappa shape index (κ2) is 13.0. The van der Waals surface area contributed by atoms with Crippen LogP contribution in [0.1, 0.15) is 0 Å². The average molecular weight is 562 g/mol. The van der Waals surface area contributed by atoms with E-state index in [-0.39, 0.29) is 23.8 Å². The molecule has 4 rings (SSSR count). The van der Waals surface area contributed by atoms with Gasteiger partial charge in [0.1, 0.15) is 12.4 Å². The number of ether oxygens (including phenoxy) is 1. The van der Waals surface area contributed by atoms with Gasteiger partial charge in [0.2, 0.25) is 0 Å². The van der Waals surface area contributed by atoms with Crippen molar-refractivity contribution in [1.29, 1.82) is 0 Å². The van der Waals surface area contributed by atoms with Gasteiger partial charge in [0.15, 0.2) is 0 Å². The minimum atomic E-state index is -3.88. The fraction of sp³-hybridized carbons (Fsp3) is 0.222. The van der Waals surface area contributed by atoms with E-state index in [1.807, 2.05) is 61.5 Å². The zero-order valence-electron chi connectivity index (χ0n) is 20.7. The number of hydrogen-bond donors (Lipinski definition) is 1. The summed E-state index contributed by atoms with van der Waals surface area (Å²) in [6.07, 6.45) is 3.29. The molecule has 0 spiro atoms. The maximum Gasteiger partial charge on any atom is 0.265 e. The molecule has 0 aliphatic heterocycles. The number of benzene rings is 3. The Kier molecular flexibility index (Phi) is 10.00. The number of sulfonamides is 1. The molecule has 0 fully saturated rings. The Morgan fingerprint density at radius 1 is 0.946 bits per heavy atom. The Bertz CT molecular complexity index is 1410. The van der Waals surface area contributed by atoms with E-state index >= 15 is 0 Å². The lowest BCUT2D eigenvalue weighted by Gasteiger charge is -2.28. The molecule has 0 amide bonds. The lowest BCUT2D eigenvalue weighted by Crippen LogP contribution is -2.37. The molecule has 0 bridgehead atoms. The lowest BCUT2D eigenvalue weighted by atomic mass is 10.2. The average Bonchev–Trinajstić information content (AvgIpc) is 2.88. The van der Waals surface area contributed by atoms with Crippen LogP contribution in [0, 0.1) is 0 Å². The number of fused-ring (bicyclic) bond motifs is 1. The summed E-state index contributed by atoms with van der Waals surface area (Å²) in [7, 11) is -0.0349. The molecule has 4 aromatic rings. The second-order valence-corrected chi connectivity index (χ2v) is 10.7. The third kappa shape index (κ3) is 7.05. The molecule has 1 N–H and O–H groups in total. The van der Waals surface area contributed by atoms with Gasteiger partial charge >= 0.3 is 0 Å². The maximum atomic E-state index is 14.1. The van der Waals surface area contributed by atoms with Crippen molar-refractivity contribution in [2.45, 2.75) is 4.90 Å². The second-order valence-electron chi connectivity index (χ2n) is 8.48. The number of likely N-dealkylation sites (N-methyl/N-ethyl adjacent to an activating group) is 1. The van der Waals surface area contributed by atoms with E-state index in [1.54, 1.807) is 42.7 Å². The fourth-order valence-electron chi connectivity index (χ4n) is 3.82. The number of para-hydroxylation sites is 2. The summed E-state index contributed by atoms with van der Waals surface area (Å²) in [4.78, 5) is 6.35. The Morgan fingerprint density at radius 2 is 1.70 bits per heavy atom. The SMILES string of the molecule is CN(C)CCN(c1ccccc1NCCOc1ccc(Cl)cc1)S(=O)(=O)c1cccc2cnccc12.Cl. The van der Waals surface area contributed by atoms with Crippen LogP contribution in [0.5, 0.6) is 5.75 Å². The van der Waals surface area contributed by atoms with Crippen LogP contribution in [0.15, 0.2) is 90.1 Å². The first kappa shape index (κ1) is 28.5. The standard InChI is InChI=1S/C27H29ClN4O3S.ClH/c1-31(2)17-18-32(36(33,34)27-9-5-6-21-20-29-15-14-24(21)27)26-8-4-3-7-25(26)30-16-19-35-23-12-10-22(28)11-13-23;/h3-15,20,30H,16-19H2,1-2H3;1H. The molecule has 0 aliphatic rings. The highest BCUT2D eigenvalue weighted by Crippen LogP contribution is 2.33. The summed E-state index contributed by atoms with van der Waals surface area (Å²) in [6, 6.07) is 21.6. The summed E-state index contributed by atoms with van der Waals surface area (Å²) >= 11 is 5.93. The van der Waals surface area contributed by atoms with E-state index < -0.39 is 10.0 Å². The van der Waals surface area contributed by atoms with Crippen LogP contribution < -0.4 is 14.4 Å². The predicted molar refractivity (Wildman–Crippen MR) is 154 cm³/mol. The van der Waals surface area contributed by atoms with E-state index in [1.165, 1.54) is 4.31 Å². The maximum absolute atomic E-state index is 14.1. The normalized spacial score (nSPS) is 11.2. The molecule has 7 nitrogen and oxygen atoms in total. The summed E-state index contributed by atoms with van der Waals surface area (Å²) in [5, 5.41) is 5.41. The van der Waals surface area contributed by atoms with Crippen molar-refractivity contribution in [3.05, 3.63) is 90.2 Å². The fourth-order valence-corrected chi connectivity index (χ4v) is 5.64. The van der Waals surface area contributed by atoms with Crippen LogP contribution in [0.4, 0.5) is 11.4 Å². The first-order valence-corrected chi connectivity index (χ1v) is 13.4. The minimum absolute atomic E-state index is 0. The summed E-state index contributed by atoms with van der Waals surface area (Å²) in [5.74, 6) is 0.718. The van der Waals surface area contributed by atoms with Crippen molar-refractivity contribution in [2.24, 2.45) is 0 Å². The van der Waals surface area contributed by atoms with Gasteiger partial charge in [-0.25, -0.2) is 8.42 Å². The number of anilines is 2. The first-order valence-electron chi connectivity index (χ1n) is 11.6. The van der Waals surface area contributed by atoms with Crippen LogP contribution in [-0.2, 0) is 10.0 Å². The van der Waals surface area contributed by atoms with Crippen molar-refractivity contribution in [3.8, 4) is 5.75 Å². The highest BCUT2D eigenvalue weighted by atomic mass is 35.5. The molecular weight excluding hydrogens is 531 g/mol. The molecule has 0 atom stereocenters. The number of aromatic nitrogens is 1. The molecule has 0 aliphatic carbocycles. The molecule has 196 valence electrons. The molecule has 10 heteroatoms. The van der Waals surface area contributed by atoms with Gasteiger partial charge in [0.25, 0.3) is 10.0 Å². The number of halogens is 2. The molecule has 1 aromatic heterocycles. The van der Waals surface area contributed by atoms with Crippen LogP contribution in [0.25, 0.3) is 10.8 Å². The van der Waals surface area contributed by atoms with Gasteiger partial charge in [-0.15, -0.1) is 12.4 Å². The number of nitrogens with one attached hydrogen (secondary N) is 1. The van der Waals surface area contributed by atoms with Gasteiger partial charge in [0, 0.05) is 47.8 Å². The van der Waals surface area contributed by atoms with E-state index in [0.717, 1.165) is 11.1 Å². The summed E-state index contributed by atoms with van der Waals surface area (Å²) in [5.41, 5.74) is 1.29. The molecule has 0 radical (unpaired) electrons. The van der Waals surface area contributed by atoms with Gasteiger partial charge in [-0.1, -0.05) is 35.9 Å². The molecule has 1 heterocycles. The van der Waals surface area contributed by atoms with Crippen molar-refractivity contribution in [1.82, 2.24) is 9.88 Å². The van der Waals surface area contributed by atoms with Gasteiger partial charge in [0.05, 0.1) is 16.3 Å². The lowest BCUT2D eigenvalue weighted by molar-refractivity contribution is 0.333. The predicted octanol–water partition coefficient (Wildman–Crippen LogP) is 5.56. The quantitative estimate of drug-likeness (QED) is 0.242. The van der Waals surface area contributed by atoms with Crippen LogP contribution >= 0.6 is 24.0 Å². The molecule has 0 unspecified atom stereocenters. The molecule has 0 saturated carbocycles. The molecular formula is C27H30Cl2N4O3S. The molecule has 0 saturated heterocycles. The van der Waals surface area contributed by atoms with Crippen LogP contribution in [0.3, 0.4) is 0 Å². The Hall–Kier alpha value is -3.04. The third-order valence-corrected chi connectivity index (χ3v) is 7.76. The molecule has 3 aromatic carbocycles. The number of nitrogens with zero attached hydrogens (tertiary/aromatic N) is 3. The van der Waals surface area contributed by atoms with E-state index in [4.69, 9.17) is 16.3 Å². The van der Waals surface area contributed by atoms with Crippen molar-refractivity contribution < 1.29 is 13.2 Å². The molecule has 37 heavy (non-hydrogen) atoms. The zero-order chi connectivity index (χ0) is 25.5. The Morgan fingerprint density at radius 3 is 2.46 bits per heavy atom. The number of pyridine rings is 1. The van der Waals surface area contributed by atoms with Gasteiger partial charge in [-0.05, 0) is 62.6 Å². The van der Waals surface area contributed by atoms with Gasteiger partial charge in [-0.2, -0.15) is 0 Å². The van der Waals surface area contributed by atoms with Crippen molar-refractivity contribution >= 4 is 56.2 Å². The first-order chi connectivity index (χ1) is 17.4. The topological polar surface area (TPSA) is 74.8 Å². The number of rotatable bonds is 11. The minimum Gasteiger partial charge on any atom is -0.492 e. The van der Waals surface area contributed by atoms with E-state index in [9.17, 15) is 8.42 Å². The zero-order valence-corrected chi connectivity index (χ0v) is 23.1. The number of hydrogen-bond acceptors (Lipinski definition) is 6. The monoisotopic (exact) mass is 560 g/mol. The van der Waals surface area contributed by atoms with E-state index in [0.29, 0.717) is 41.5 Å². The van der Waals surface area contributed by atoms with Gasteiger partial charge in [-0.3, -0.25) is 9.29 Å². The van der Waals surface area contributed by atoms with Gasteiger partial charge < -0.3 is 15.0 Å². The third-order valence-electron chi connectivity index (χ3n) is 5.63. The van der Waals surface area contributed by atoms with Crippen LogP contribution in [0.2, 0.25) is 5.02 Å². The highest BCUT2D eigenvalue weighted by Gasteiger charge is 2.28.